The Balaban J connectivity index is 1.55. The van der Waals surface area contributed by atoms with E-state index in [0.717, 1.165) is 37.7 Å². The topological polar surface area (TPSA) is 98.5 Å². The first-order valence-electron chi connectivity index (χ1n) is 10.2. The monoisotopic (exact) mass is 418 g/mol. The minimum Gasteiger partial charge on any atom is -0.381 e. The molecule has 8 heteroatoms. The summed E-state index contributed by atoms with van der Waals surface area (Å²) in [6.07, 6.45) is 6.36. The minimum atomic E-state index is -3.27. The van der Waals surface area contributed by atoms with E-state index in [4.69, 9.17) is 9.26 Å². The molecule has 1 atom stereocenters. The van der Waals surface area contributed by atoms with Crippen LogP contribution in [0, 0.1) is 5.92 Å². The molecule has 0 spiro atoms. The SMILES string of the molecule is O=C(Nc1ccon1)C(CC1CCOCC1)c1ccc(S(=O)(=O)C2CCC2)cc1. The molecule has 0 radical (unpaired) electrons. The van der Waals surface area contributed by atoms with E-state index in [0.29, 0.717) is 36.3 Å². The summed E-state index contributed by atoms with van der Waals surface area (Å²) in [6.45, 7) is 1.42. The number of anilines is 1. The quantitative estimate of drug-likeness (QED) is 0.738. The summed E-state index contributed by atoms with van der Waals surface area (Å²) in [5.41, 5.74) is 0.810. The van der Waals surface area contributed by atoms with Gasteiger partial charge in [0.15, 0.2) is 15.7 Å². The highest BCUT2D eigenvalue weighted by Crippen LogP contribution is 2.34. The van der Waals surface area contributed by atoms with Gasteiger partial charge >= 0.3 is 0 Å². The molecule has 1 aliphatic carbocycles. The largest absolute Gasteiger partial charge is 0.381 e. The van der Waals surface area contributed by atoms with Crippen molar-refractivity contribution in [3.8, 4) is 0 Å². The standard InChI is InChI=1S/C21H26N2O5S/c24-21(22-20-10-13-28-23-20)19(14-15-8-11-27-12-9-15)16-4-6-18(7-5-16)29(25,26)17-2-1-3-17/h4-7,10,13,15,17,19H,1-3,8-9,11-12,14H2,(H,22,23,24). The molecular formula is C21H26N2O5S. The Bertz CT molecular complexity index is 914. The van der Waals surface area contributed by atoms with Crippen molar-refractivity contribution >= 4 is 21.6 Å². The predicted octanol–water partition coefficient (Wildman–Crippen LogP) is 3.54. The third-order valence-corrected chi connectivity index (χ3v) is 8.30. The second-order valence-electron chi connectivity index (χ2n) is 7.88. The Hall–Kier alpha value is -2.19. The Labute approximate surface area is 170 Å². The van der Waals surface area contributed by atoms with Crippen LogP contribution in [0.15, 0.2) is 46.0 Å². The minimum absolute atomic E-state index is 0.167. The lowest BCUT2D eigenvalue weighted by molar-refractivity contribution is -0.118. The number of nitrogens with one attached hydrogen (secondary N) is 1. The van der Waals surface area contributed by atoms with E-state index in [1.54, 1.807) is 30.3 Å². The maximum absolute atomic E-state index is 13.0. The first-order chi connectivity index (χ1) is 14.0. The Kier molecular flexibility index (Phi) is 6.01. The van der Waals surface area contributed by atoms with Crippen LogP contribution in [-0.4, -0.2) is 37.9 Å². The van der Waals surface area contributed by atoms with Gasteiger partial charge in [0.05, 0.1) is 16.1 Å². The number of rotatable bonds is 7. The number of hydrogen-bond acceptors (Lipinski definition) is 6. The second-order valence-corrected chi connectivity index (χ2v) is 10.1. The molecule has 2 aromatic rings. The van der Waals surface area contributed by atoms with Gasteiger partial charge in [0.2, 0.25) is 5.91 Å². The van der Waals surface area contributed by atoms with Crippen LogP contribution in [-0.2, 0) is 19.4 Å². The molecular weight excluding hydrogens is 392 g/mol. The molecule has 1 aromatic heterocycles. The number of benzene rings is 1. The van der Waals surface area contributed by atoms with Gasteiger partial charge in [0.1, 0.15) is 6.26 Å². The summed E-state index contributed by atoms with van der Waals surface area (Å²) in [5.74, 6) is 0.196. The van der Waals surface area contributed by atoms with Crippen LogP contribution in [0.2, 0.25) is 0 Å². The molecule has 1 saturated carbocycles. The molecule has 1 saturated heterocycles. The van der Waals surface area contributed by atoms with Gasteiger partial charge in [-0.05, 0) is 55.7 Å². The molecule has 4 rings (SSSR count). The molecule has 1 amide bonds. The average Bonchev–Trinajstić information content (AvgIpc) is 3.18. The van der Waals surface area contributed by atoms with Crippen molar-refractivity contribution in [3.63, 3.8) is 0 Å². The van der Waals surface area contributed by atoms with E-state index in [1.165, 1.54) is 6.26 Å². The summed E-state index contributed by atoms with van der Waals surface area (Å²) >= 11 is 0. The third kappa shape index (κ3) is 4.53. The fraction of sp³-hybridized carbons (Fsp3) is 0.524. The van der Waals surface area contributed by atoms with Crippen LogP contribution in [0.3, 0.4) is 0 Å². The second kappa shape index (κ2) is 8.67. The fourth-order valence-corrected chi connectivity index (χ4v) is 5.82. The van der Waals surface area contributed by atoms with Crippen molar-refractivity contribution in [2.24, 2.45) is 5.92 Å². The number of carbonyl (C=O) groups excluding carboxylic acids is 1. The Morgan fingerprint density at radius 2 is 1.83 bits per heavy atom. The lowest BCUT2D eigenvalue weighted by Gasteiger charge is -2.27. The summed E-state index contributed by atoms with van der Waals surface area (Å²) in [5, 5.41) is 6.29. The van der Waals surface area contributed by atoms with Crippen LogP contribution in [0.5, 0.6) is 0 Å². The van der Waals surface area contributed by atoms with Crippen LogP contribution < -0.4 is 5.32 Å². The molecule has 29 heavy (non-hydrogen) atoms. The van der Waals surface area contributed by atoms with Crippen molar-refractivity contribution in [2.75, 3.05) is 18.5 Å². The lowest BCUT2D eigenvalue weighted by atomic mass is 9.84. The van der Waals surface area contributed by atoms with E-state index in [9.17, 15) is 13.2 Å². The number of sulfone groups is 1. The first-order valence-corrected chi connectivity index (χ1v) is 11.7. The first kappa shape index (κ1) is 20.1. The van der Waals surface area contributed by atoms with Gasteiger partial charge in [-0.25, -0.2) is 8.42 Å². The number of aromatic nitrogens is 1. The number of amides is 1. The van der Waals surface area contributed by atoms with Crippen molar-refractivity contribution in [3.05, 3.63) is 42.2 Å². The van der Waals surface area contributed by atoms with Gasteiger partial charge in [-0.1, -0.05) is 23.7 Å². The van der Waals surface area contributed by atoms with Crippen molar-refractivity contribution in [1.82, 2.24) is 5.16 Å². The molecule has 1 aliphatic heterocycles. The third-order valence-electron chi connectivity index (χ3n) is 6.02. The maximum atomic E-state index is 13.0. The van der Waals surface area contributed by atoms with Crippen LogP contribution in [0.4, 0.5) is 5.82 Å². The van der Waals surface area contributed by atoms with E-state index in [-0.39, 0.29) is 11.2 Å². The van der Waals surface area contributed by atoms with Crippen LogP contribution in [0.25, 0.3) is 0 Å². The molecule has 1 aromatic carbocycles. The highest BCUT2D eigenvalue weighted by Gasteiger charge is 2.33. The van der Waals surface area contributed by atoms with Crippen LogP contribution in [0.1, 0.15) is 50.0 Å². The molecule has 1 unspecified atom stereocenters. The van der Waals surface area contributed by atoms with E-state index < -0.39 is 15.8 Å². The van der Waals surface area contributed by atoms with E-state index in [1.807, 2.05) is 0 Å². The van der Waals surface area contributed by atoms with Gasteiger partial charge in [0.25, 0.3) is 0 Å². The maximum Gasteiger partial charge on any atom is 0.233 e. The summed E-state index contributed by atoms with van der Waals surface area (Å²) in [4.78, 5) is 13.3. The summed E-state index contributed by atoms with van der Waals surface area (Å²) in [6, 6.07) is 8.43. The zero-order chi connectivity index (χ0) is 20.3. The number of ether oxygens (including phenoxy) is 1. The molecule has 2 fully saturated rings. The highest BCUT2D eigenvalue weighted by atomic mass is 32.2. The highest BCUT2D eigenvalue weighted by molar-refractivity contribution is 7.92. The molecule has 2 heterocycles. The number of hydrogen-bond donors (Lipinski definition) is 1. The Morgan fingerprint density at radius 3 is 2.41 bits per heavy atom. The van der Waals surface area contributed by atoms with Crippen molar-refractivity contribution < 1.29 is 22.5 Å². The molecule has 156 valence electrons. The molecule has 7 nitrogen and oxygen atoms in total. The normalized spacial score (nSPS) is 19.4. The summed E-state index contributed by atoms with van der Waals surface area (Å²) < 4.78 is 35.5. The van der Waals surface area contributed by atoms with Crippen molar-refractivity contribution in [2.45, 2.75) is 54.6 Å². The number of nitrogens with zero attached hydrogens (tertiary/aromatic N) is 1. The fourth-order valence-electron chi connectivity index (χ4n) is 3.96. The van der Waals surface area contributed by atoms with E-state index >= 15 is 0 Å². The van der Waals surface area contributed by atoms with Gasteiger partial charge in [0, 0.05) is 19.3 Å². The lowest BCUT2D eigenvalue weighted by Crippen LogP contribution is -2.28. The zero-order valence-corrected chi connectivity index (χ0v) is 17.1. The smallest absolute Gasteiger partial charge is 0.233 e. The van der Waals surface area contributed by atoms with Gasteiger partial charge in [-0.15, -0.1) is 0 Å². The van der Waals surface area contributed by atoms with Crippen LogP contribution >= 0.6 is 0 Å². The summed E-state index contributed by atoms with van der Waals surface area (Å²) in [7, 11) is -3.27. The number of carbonyl (C=O) groups is 1. The Morgan fingerprint density at radius 1 is 1.10 bits per heavy atom. The molecule has 0 bridgehead atoms. The molecule has 2 aliphatic rings. The van der Waals surface area contributed by atoms with E-state index in [2.05, 4.69) is 10.5 Å². The van der Waals surface area contributed by atoms with Crippen molar-refractivity contribution in [1.29, 1.82) is 0 Å². The zero-order valence-electron chi connectivity index (χ0n) is 16.2. The average molecular weight is 419 g/mol. The van der Waals surface area contributed by atoms with Gasteiger partial charge < -0.3 is 14.6 Å². The predicted molar refractivity (Wildman–Crippen MR) is 107 cm³/mol. The molecule has 1 N–H and O–H groups in total. The van der Waals surface area contributed by atoms with Gasteiger partial charge in [-0.3, -0.25) is 4.79 Å². The van der Waals surface area contributed by atoms with Gasteiger partial charge in [-0.2, -0.15) is 0 Å².